The minimum atomic E-state index is -0.778. The number of carboxylic acids is 1. The number of carboxylic acid groups (broad SMARTS) is 1. The van der Waals surface area contributed by atoms with Crippen LogP contribution in [-0.4, -0.2) is 59.2 Å². The van der Waals surface area contributed by atoms with Crippen LogP contribution in [0.4, 0.5) is 5.82 Å². The molecule has 7 heteroatoms. The average Bonchev–Trinajstić information content (AvgIpc) is 3.01. The van der Waals surface area contributed by atoms with Crippen LogP contribution in [0, 0.1) is 0 Å². The van der Waals surface area contributed by atoms with E-state index >= 15 is 0 Å². The second-order valence-electron chi connectivity index (χ2n) is 6.22. The van der Waals surface area contributed by atoms with Crippen molar-refractivity contribution >= 4 is 35.1 Å². The number of aromatic nitrogens is 2. The van der Waals surface area contributed by atoms with E-state index in [0.29, 0.717) is 6.42 Å². The summed E-state index contributed by atoms with van der Waals surface area (Å²) in [5, 5.41) is 10.4. The first-order chi connectivity index (χ1) is 11.1. The van der Waals surface area contributed by atoms with Gasteiger partial charge in [-0.05, 0) is 39.1 Å². The average molecular weight is 351 g/mol. The lowest BCUT2D eigenvalue weighted by Crippen LogP contribution is -2.36. The predicted octanol–water partition coefficient (Wildman–Crippen LogP) is 2.21. The third-order valence-electron chi connectivity index (χ3n) is 4.22. The maximum atomic E-state index is 11.5. The number of anilines is 1. The first kappa shape index (κ1) is 18.4. The molecule has 1 saturated heterocycles. The van der Waals surface area contributed by atoms with Crippen molar-refractivity contribution in [3.05, 3.63) is 30.1 Å². The van der Waals surface area contributed by atoms with Crippen molar-refractivity contribution in [3.63, 3.8) is 0 Å². The Balaban J connectivity index is 0.00000208. The molecular weight excluding hydrogens is 328 g/mol. The molecule has 0 spiro atoms. The minimum Gasteiger partial charge on any atom is -0.480 e. The SMILES string of the molecule is CN(C)CCc1nc(N2CCCC2C(=O)O)c2ccccc2n1.Cl. The van der Waals surface area contributed by atoms with Crippen molar-refractivity contribution < 1.29 is 9.90 Å². The number of hydrogen-bond acceptors (Lipinski definition) is 5. The van der Waals surface area contributed by atoms with E-state index in [-0.39, 0.29) is 12.4 Å². The molecule has 1 N–H and O–H groups in total. The molecule has 0 aliphatic carbocycles. The number of halogens is 1. The van der Waals surface area contributed by atoms with E-state index in [1.54, 1.807) is 0 Å². The smallest absolute Gasteiger partial charge is 0.326 e. The second-order valence-corrected chi connectivity index (χ2v) is 6.22. The molecule has 130 valence electrons. The van der Waals surface area contributed by atoms with E-state index in [4.69, 9.17) is 4.98 Å². The number of likely N-dealkylation sites (N-methyl/N-ethyl adjacent to an activating group) is 1. The third-order valence-corrected chi connectivity index (χ3v) is 4.22. The van der Waals surface area contributed by atoms with Gasteiger partial charge in [0, 0.05) is 24.9 Å². The zero-order valence-corrected chi connectivity index (χ0v) is 14.8. The molecule has 1 unspecified atom stereocenters. The van der Waals surface area contributed by atoms with Gasteiger partial charge in [0.2, 0.25) is 0 Å². The van der Waals surface area contributed by atoms with Crippen molar-refractivity contribution in [1.29, 1.82) is 0 Å². The molecule has 1 aromatic carbocycles. The van der Waals surface area contributed by atoms with Crippen molar-refractivity contribution in [2.75, 3.05) is 32.1 Å². The zero-order chi connectivity index (χ0) is 16.4. The van der Waals surface area contributed by atoms with Gasteiger partial charge in [-0.15, -0.1) is 12.4 Å². The van der Waals surface area contributed by atoms with Gasteiger partial charge in [-0.2, -0.15) is 0 Å². The lowest BCUT2D eigenvalue weighted by molar-refractivity contribution is -0.138. The molecule has 0 bridgehead atoms. The van der Waals surface area contributed by atoms with Gasteiger partial charge < -0.3 is 14.9 Å². The van der Waals surface area contributed by atoms with Gasteiger partial charge in [0.15, 0.2) is 0 Å². The quantitative estimate of drug-likeness (QED) is 0.891. The molecule has 1 aliphatic rings. The number of benzene rings is 1. The largest absolute Gasteiger partial charge is 0.480 e. The summed E-state index contributed by atoms with van der Waals surface area (Å²) in [5.74, 6) is 0.748. The topological polar surface area (TPSA) is 69.6 Å². The van der Waals surface area contributed by atoms with Gasteiger partial charge in [-0.25, -0.2) is 14.8 Å². The summed E-state index contributed by atoms with van der Waals surface area (Å²) in [5.41, 5.74) is 0.877. The van der Waals surface area contributed by atoms with Gasteiger partial charge in [0.1, 0.15) is 17.7 Å². The van der Waals surface area contributed by atoms with Crippen molar-refractivity contribution in [2.45, 2.75) is 25.3 Å². The Morgan fingerprint density at radius 1 is 1.33 bits per heavy atom. The van der Waals surface area contributed by atoms with Crippen LogP contribution in [0.1, 0.15) is 18.7 Å². The lowest BCUT2D eigenvalue weighted by atomic mass is 10.2. The standard InChI is InChI=1S/C17H22N4O2.ClH/c1-20(2)11-9-15-18-13-7-4-3-6-12(13)16(19-15)21-10-5-8-14(21)17(22)23;/h3-4,6-7,14H,5,8-11H2,1-2H3,(H,22,23);1H. The summed E-state index contributed by atoms with van der Waals surface area (Å²) in [6.45, 7) is 1.59. The number of para-hydroxylation sites is 1. The van der Waals surface area contributed by atoms with Crippen LogP contribution >= 0.6 is 12.4 Å². The Bertz CT molecular complexity index is 723. The Hall–Kier alpha value is -1.92. The summed E-state index contributed by atoms with van der Waals surface area (Å²) in [7, 11) is 4.03. The molecule has 0 saturated carbocycles. The second kappa shape index (κ2) is 7.77. The van der Waals surface area contributed by atoms with Crippen LogP contribution < -0.4 is 4.90 Å². The number of rotatable bonds is 5. The highest BCUT2D eigenvalue weighted by molar-refractivity contribution is 5.92. The molecule has 1 fully saturated rings. The van der Waals surface area contributed by atoms with Crippen LogP contribution in [-0.2, 0) is 11.2 Å². The maximum Gasteiger partial charge on any atom is 0.326 e. The Morgan fingerprint density at radius 2 is 2.08 bits per heavy atom. The monoisotopic (exact) mass is 350 g/mol. The van der Waals surface area contributed by atoms with Crippen LogP contribution in [0.15, 0.2) is 24.3 Å². The van der Waals surface area contributed by atoms with Crippen molar-refractivity contribution in [3.8, 4) is 0 Å². The highest BCUT2D eigenvalue weighted by Gasteiger charge is 2.32. The van der Waals surface area contributed by atoms with E-state index < -0.39 is 12.0 Å². The minimum absolute atomic E-state index is 0. The van der Waals surface area contributed by atoms with E-state index in [1.165, 1.54) is 0 Å². The first-order valence-electron chi connectivity index (χ1n) is 7.96. The predicted molar refractivity (Wildman–Crippen MR) is 97.0 cm³/mol. The Kier molecular flexibility index (Phi) is 5.96. The van der Waals surface area contributed by atoms with Crippen LogP contribution in [0.25, 0.3) is 10.9 Å². The van der Waals surface area contributed by atoms with Gasteiger partial charge in [0.25, 0.3) is 0 Å². The van der Waals surface area contributed by atoms with Crippen molar-refractivity contribution in [1.82, 2.24) is 14.9 Å². The summed E-state index contributed by atoms with van der Waals surface area (Å²) in [6.07, 6.45) is 2.29. The van der Waals surface area contributed by atoms with Gasteiger partial charge in [0.05, 0.1) is 5.52 Å². The first-order valence-corrected chi connectivity index (χ1v) is 7.96. The number of hydrogen-bond donors (Lipinski definition) is 1. The van der Waals surface area contributed by atoms with Gasteiger partial charge >= 0.3 is 5.97 Å². The fourth-order valence-electron chi connectivity index (χ4n) is 3.04. The number of nitrogens with zero attached hydrogens (tertiary/aromatic N) is 4. The normalized spacial score (nSPS) is 17.3. The van der Waals surface area contributed by atoms with E-state index in [1.807, 2.05) is 43.3 Å². The van der Waals surface area contributed by atoms with E-state index in [2.05, 4.69) is 9.88 Å². The third kappa shape index (κ3) is 3.76. The Morgan fingerprint density at radius 3 is 2.79 bits per heavy atom. The molecule has 0 radical (unpaired) electrons. The molecule has 2 heterocycles. The van der Waals surface area contributed by atoms with Crippen LogP contribution in [0.5, 0.6) is 0 Å². The van der Waals surface area contributed by atoms with Crippen molar-refractivity contribution in [2.24, 2.45) is 0 Å². The zero-order valence-electron chi connectivity index (χ0n) is 14.0. The number of aliphatic carboxylic acids is 1. The molecule has 1 aliphatic heterocycles. The maximum absolute atomic E-state index is 11.5. The van der Waals surface area contributed by atoms with E-state index in [0.717, 1.165) is 48.5 Å². The molecule has 2 aromatic rings. The van der Waals surface area contributed by atoms with Gasteiger partial charge in [-0.3, -0.25) is 0 Å². The highest BCUT2D eigenvalue weighted by Crippen LogP contribution is 2.30. The fourth-order valence-corrected chi connectivity index (χ4v) is 3.04. The number of fused-ring (bicyclic) bond motifs is 1. The van der Waals surface area contributed by atoms with Crippen LogP contribution in [0.2, 0.25) is 0 Å². The Labute approximate surface area is 147 Å². The molecule has 1 aromatic heterocycles. The lowest BCUT2D eigenvalue weighted by Gasteiger charge is -2.24. The summed E-state index contributed by atoms with van der Waals surface area (Å²) < 4.78 is 0. The molecule has 24 heavy (non-hydrogen) atoms. The summed E-state index contributed by atoms with van der Waals surface area (Å²) >= 11 is 0. The molecule has 3 rings (SSSR count). The van der Waals surface area contributed by atoms with Crippen LogP contribution in [0.3, 0.4) is 0 Å². The molecule has 0 amide bonds. The fraction of sp³-hybridized carbons (Fsp3) is 0.471. The highest BCUT2D eigenvalue weighted by atomic mass is 35.5. The van der Waals surface area contributed by atoms with E-state index in [9.17, 15) is 9.90 Å². The summed E-state index contributed by atoms with van der Waals surface area (Å²) in [4.78, 5) is 24.9. The molecule has 1 atom stereocenters. The molecule has 6 nitrogen and oxygen atoms in total. The molecular formula is C17H23ClN4O2. The van der Waals surface area contributed by atoms with Gasteiger partial charge in [-0.1, -0.05) is 12.1 Å². The summed E-state index contributed by atoms with van der Waals surface area (Å²) in [6, 6.07) is 7.34. The number of carbonyl (C=O) groups is 1.